The summed E-state index contributed by atoms with van der Waals surface area (Å²) in [5.74, 6) is 1.88. The highest BCUT2D eigenvalue weighted by atomic mass is 16.5. The van der Waals surface area contributed by atoms with E-state index in [0.717, 1.165) is 24.8 Å². The maximum absolute atomic E-state index is 12.6. The minimum absolute atomic E-state index is 0.0369. The summed E-state index contributed by atoms with van der Waals surface area (Å²) in [7, 11) is 0. The molecule has 0 radical (unpaired) electrons. The van der Waals surface area contributed by atoms with Crippen LogP contribution in [-0.4, -0.2) is 45.2 Å². The van der Waals surface area contributed by atoms with Gasteiger partial charge < -0.3 is 14.7 Å². The number of hydrogen-bond acceptors (Lipinski definition) is 5. The number of rotatable bonds is 4. The highest BCUT2D eigenvalue weighted by Gasteiger charge is 2.40. The Hall–Kier alpha value is -3.22. The van der Waals surface area contributed by atoms with Crippen LogP contribution in [0.2, 0.25) is 0 Å². The van der Waals surface area contributed by atoms with Gasteiger partial charge in [0, 0.05) is 48.9 Å². The summed E-state index contributed by atoms with van der Waals surface area (Å²) in [5, 5.41) is 7.28. The molecule has 29 heavy (non-hydrogen) atoms. The van der Waals surface area contributed by atoms with E-state index in [0.29, 0.717) is 30.7 Å². The third-order valence-corrected chi connectivity index (χ3v) is 5.84. The van der Waals surface area contributed by atoms with E-state index in [-0.39, 0.29) is 18.0 Å². The molecule has 0 spiro atoms. The predicted molar refractivity (Wildman–Crippen MR) is 107 cm³/mol. The molecule has 3 heterocycles. The monoisotopic (exact) mass is 389 g/mol. The summed E-state index contributed by atoms with van der Waals surface area (Å²) in [5.41, 5.74) is 2.20. The van der Waals surface area contributed by atoms with E-state index in [1.54, 1.807) is 12.4 Å². The molecule has 7 heteroatoms. The molecule has 7 nitrogen and oxygen atoms in total. The van der Waals surface area contributed by atoms with Crippen molar-refractivity contribution in [3.05, 3.63) is 66.3 Å². The maximum atomic E-state index is 12.6. The highest BCUT2D eigenvalue weighted by Crippen LogP contribution is 2.40. The molecule has 3 aromatic rings. The van der Waals surface area contributed by atoms with Crippen LogP contribution in [0.25, 0.3) is 11.4 Å². The van der Waals surface area contributed by atoms with Crippen LogP contribution in [0.5, 0.6) is 0 Å². The summed E-state index contributed by atoms with van der Waals surface area (Å²) in [4.78, 5) is 23.1. The van der Waals surface area contributed by atoms with E-state index < -0.39 is 0 Å². The van der Waals surface area contributed by atoms with Gasteiger partial charge in [0.2, 0.25) is 11.7 Å². The number of amides is 2. The van der Waals surface area contributed by atoms with Gasteiger partial charge in [-0.05, 0) is 37.0 Å². The first-order chi connectivity index (χ1) is 14.3. The molecule has 2 atom stereocenters. The van der Waals surface area contributed by atoms with E-state index in [9.17, 15) is 4.79 Å². The first kappa shape index (κ1) is 17.8. The van der Waals surface area contributed by atoms with Crippen molar-refractivity contribution < 1.29 is 9.32 Å². The van der Waals surface area contributed by atoms with E-state index in [1.165, 1.54) is 5.56 Å². The van der Waals surface area contributed by atoms with Gasteiger partial charge in [0.05, 0.1) is 0 Å². The molecule has 1 aromatic carbocycles. The smallest absolute Gasteiger partial charge is 0.317 e. The van der Waals surface area contributed by atoms with Crippen molar-refractivity contribution in [1.82, 2.24) is 25.3 Å². The van der Waals surface area contributed by atoms with Crippen molar-refractivity contribution in [2.45, 2.75) is 37.1 Å². The van der Waals surface area contributed by atoms with Crippen LogP contribution in [0, 0.1) is 0 Å². The molecule has 0 bridgehead atoms. The Balaban J connectivity index is 1.13. The minimum atomic E-state index is 0.0369. The van der Waals surface area contributed by atoms with Crippen LogP contribution in [0.15, 0.2) is 59.4 Å². The van der Waals surface area contributed by atoms with Crippen LogP contribution < -0.4 is 5.32 Å². The summed E-state index contributed by atoms with van der Waals surface area (Å²) in [6, 6.07) is 14.4. The van der Waals surface area contributed by atoms with Crippen LogP contribution in [0.4, 0.5) is 4.79 Å². The van der Waals surface area contributed by atoms with Crippen molar-refractivity contribution >= 4 is 6.03 Å². The van der Waals surface area contributed by atoms with Crippen LogP contribution in [-0.2, 0) is 0 Å². The number of carbonyl (C=O) groups is 1. The number of pyridine rings is 1. The average Bonchev–Trinajstić information content (AvgIpc) is 3.37. The second-order valence-electron chi connectivity index (χ2n) is 7.76. The number of hydrogen-bond donors (Lipinski definition) is 1. The zero-order valence-electron chi connectivity index (χ0n) is 16.1. The van der Waals surface area contributed by atoms with Crippen molar-refractivity contribution in [3.63, 3.8) is 0 Å². The zero-order chi connectivity index (χ0) is 19.6. The summed E-state index contributed by atoms with van der Waals surface area (Å²) < 4.78 is 5.49. The van der Waals surface area contributed by atoms with Gasteiger partial charge >= 0.3 is 6.03 Å². The van der Waals surface area contributed by atoms with Crippen molar-refractivity contribution in [3.8, 4) is 11.4 Å². The molecule has 5 rings (SSSR count). The van der Waals surface area contributed by atoms with Crippen molar-refractivity contribution in [2.24, 2.45) is 0 Å². The second-order valence-corrected chi connectivity index (χ2v) is 7.76. The molecule has 0 unspecified atom stereocenters. The van der Waals surface area contributed by atoms with Crippen molar-refractivity contribution in [1.29, 1.82) is 0 Å². The normalized spacial score (nSPS) is 21.7. The first-order valence-electron chi connectivity index (χ1n) is 10.1. The van der Waals surface area contributed by atoms with Crippen LogP contribution >= 0.6 is 0 Å². The molecule has 1 saturated heterocycles. The van der Waals surface area contributed by atoms with Gasteiger partial charge in [0.25, 0.3) is 0 Å². The maximum Gasteiger partial charge on any atom is 0.317 e. The van der Waals surface area contributed by atoms with E-state index >= 15 is 0 Å². The number of piperidine rings is 1. The molecule has 148 valence electrons. The summed E-state index contributed by atoms with van der Waals surface area (Å²) >= 11 is 0. The number of nitrogens with one attached hydrogen (secondary N) is 1. The fourth-order valence-electron chi connectivity index (χ4n) is 4.02. The number of urea groups is 1. The summed E-state index contributed by atoms with van der Waals surface area (Å²) in [6.07, 6.45) is 6.11. The van der Waals surface area contributed by atoms with Gasteiger partial charge in [-0.1, -0.05) is 35.5 Å². The van der Waals surface area contributed by atoms with Gasteiger partial charge in [-0.25, -0.2) is 4.79 Å². The topological polar surface area (TPSA) is 84.2 Å². The molecule has 2 fully saturated rings. The fraction of sp³-hybridized carbons (Fsp3) is 0.364. The fourth-order valence-corrected chi connectivity index (χ4v) is 4.02. The SMILES string of the molecule is O=C(N[C@@H]1C[C@H]1c1ccccc1)N1CCC(c2nc(-c3ccncc3)no2)CC1. The van der Waals surface area contributed by atoms with Crippen molar-refractivity contribution in [2.75, 3.05) is 13.1 Å². The Labute approximate surface area is 169 Å². The van der Waals surface area contributed by atoms with Gasteiger partial charge in [-0.3, -0.25) is 4.98 Å². The van der Waals surface area contributed by atoms with Crippen LogP contribution in [0.3, 0.4) is 0 Å². The lowest BCUT2D eigenvalue weighted by Crippen LogP contribution is -2.45. The highest BCUT2D eigenvalue weighted by molar-refractivity contribution is 5.75. The predicted octanol–water partition coefficient (Wildman–Crippen LogP) is 3.58. The van der Waals surface area contributed by atoms with E-state index in [4.69, 9.17) is 4.52 Å². The van der Waals surface area contributed by atoms with E-state index in [2.05, 4.69) is 44.7 Å². The Morgan fingerprint density at radius 1 is 1.07 bits per heavy atom. The van der Waals surface area contributed by atoms with Gasteiger partial charge in [-0.2, -0.15) is 4.98 Å². The molecule has 1 aliphatic heterocycles. The average molecular weight is 389 g/mol. The quantitative estimate of drug-likeness (QED) is 0.737. The van der Waals surface area contributed by atoms with Gasteiger partial charge in [0.1, 0.15) is 0 Å². The zero-order valence-corrected chi connectivity index (χ0v) is 16.1. The Bertz CT molecular complexity index is 967. The third-order valence-electron chi connectivity index (χ3n) is 5.84. The molecule has 1 aliphatic carbocycles. The Kier molecular flexibility index (Phi) is 4.71. The van der Waals surface area contributed by atoms with E-state index in [1.807, 2.05) is 23.1 Å². The molecule has 1 saturated carbocycles. The molecular weight excluding hydrogens is 366 g/mol. The third kappa shape index (κ3) is 3.85. The lowest BCUT2D eigenvalue weighted by Gasteiger charge is -2.30. The molecule has 2 aliphatic rings. The second kappa shape index (κ2) is 7.66. The largest absolute Gasteiger partial charge is 0.339 e. The number of nitrogens with zero attached hydrogens (tertiary/aromatic N) is 4. The molecule has 2 aromatic heterocycles. The Morgan fingerprint density at radius 3 is 2.59 bits per heavy atom. The van der Waals surface area contributed by atoms with Crippen LogP contribution in [0.1, 0.15) is 42.6 Å². The number of benzene rings is 1. The lowest BCUT2D eigenvalue weighted by molar-refractivity contribution is 0.174. The van der Waals surface area contributed by atoms with Gasteiger partial charge in [-0.15, -0.1) is 0 Å². The summed E-state index contributed by atoms with van der Waals surface area (Å²) in [6.45, 7) is 1.40. The lowest BCUT2D eigenvalue weighted by atomic mass is 9.97. The minimum Gasteiger partial charge on any atom is -0.339 e. The number of aromatic nitrogens is 3. The number of carbonyl (C=O) groups excluding carboxylic acids is 1. The standard InChI is InChI=1S/C22H23N5O2/c28-22(24-19-14-18(19)15-4-2-1-3-5-15)27-12-8-17(9-13-27)21-25-20(26-29-21)16-6-10-23-11-7-16/h1-7,10-11,17-19H,8-9,12-14H2,(H,24,28)/t18-,19+/m0/s1. The molecule has 1 N–H and O–H groups in total. The Morgan fingerprint density at radius 2 is 1.83 bits per heavy atom. The number of likely N-dealkylation sites (tertiary alicyclic amines) is 1. The molecular formula is C22H23N5O2. The molecule has 2 amide bonds. The first-order valence-corrected chi connectivity index (χ1v) is 10.1. The van der Waals surface area contributed by atoms with Gasteiger partial charge in [0.15, 0.2) is 0 Å².